The zero-order valence-corrected chi connectivity index (χ0v) is 17.2. The standard InChI is InChI=1S/C20H19ClN2O4S/c1-11-4-6-13(7-5-11)10-14(21)17-22-18(24)15-12(2)16(28-19(15)23-17)20(25)27-9-8-26-3/h4-7,10H,8-9H2,1-3H3,(H,22,23,24)/b14-10-. The van der Waals surface area contributed by atoms with Gasteiger partial charge < -0.3 is 14.5 Å². The van der Waals surface area contributed by atoms with Crippen molar-refractivity contribution >= 4 is 50.2 Å². The van der Waals surface area contributed by atoms with Gasteiger partial charge in [-0.25, -0.2) is 9.78 Å². The van der Waals surface area contributed by atoms with E-state index in [1.54, 1.807) is 13.0 Å². The van der Waals surface area contributed by atoms with Crippen molar-refractivity contribution in [3.05, 3.63) is 62.0 Å². The van der Waals surface area contributed by atoms with Crippen LogP contribution in [0, 0.1) is 13.8 Å². The number of hydrogen-bond acceptors (Lipinski definition) is 6. The molecular formula is C20H19ClN2O4S. The van der Waals surface area contributed by atoms with E-state index in [4.69, 9.17) is 21.1 Å². The molecule has 0 spiro atoms. The second-order valence-corrected chi connectivity index (χ2v) is 7.59. The molecule has 0 amide bonds. The van der Waals surface area contributed by atoms with Crippen LogP contribution < -0.4 is 5.56 Å². The van der Waals surface area contributed by atoms with Crippen LogP contribution in [0.4, 0.5) is 0 Å². The van der Waals surface area contributed by atoms with Crippen LogP contribution in [0.15, 0.2) is 29.1 Å². The Labute approximate surface area is 170 Å². The summed E-state index contributed by atoms with van der Waals surface area (Å²) >= 11 is 7.49. The van der Waals surface area contributed by atoms with Gasteiger partial charge in [0.25, 0.3) is 5.56 Å². The van der Waals surface area contributed by atoms with E-state index in [1.165, 1.54) is 7.11 Å². The number of H-pyrrole nitrogens is 1. The molecule has 0 aliphatic carbocycles. The number of fused-ring (bicyclic) bond motifs is 1. The van der Waals surface area contributed by atoms with Crippen molar-refractivity contribution in [3.63, 3.8) is 0 Å². The highest BCUT2D eigenvalue weighted by atomic mass is 35.5. The molecular weight excluding hydrogens is 400 g/mol. The summed E-state index contributed by atoms with van der Waals surface area (Å²) in [6.45, 7) is 4.15. The number of hydrogen-bond donors (Lipinski definition) is 1. The number of aromatic nitrogens is 2. The second kappa shape index (κ2) is 8.68. The van der Waals surface area contributed by atoms with Crippen molar-refractivity contribution in [1.29, 1.82) is 0 Å². The molecule has 2 heterocycles. The Morgan fingerprint density at radius 3 is 2.64 bits per heavy atom. The van der Waals surface area contributed by atoms with Gasteiger partial charge >= 0.3 is 5.97 Å². The lowest BCUT2D eigenvalue weighted by Crippen LogP contribution is -2.11. The lowest BCUT2D eigenvalue weighted by molar-refractivity contribution is 0.0393. The van der Waals surface area contributed by atoms with Gasteiger partial charge in [-0.15, -0.1) is 11.3 Å². The number of carbonyl (C=O) groups is 1. The number of ether oxygens (including phenoxy) is 2. The van der Waals surface area contributed by atoms with E-state index in [0.29, 0.717) is 32.3 Å². The van der Waals surface area contributed by atoms with Gasteiger partial charge in [0.1, 0.15) is 16.3 Å². The SMILES string of the molecule is COCCOC(=O)c1sc2nc(/C(Cl)=C/c3ccc(C)cc3)[nH]c(=O)c2c1C. The minimum atomic E-state index is -0.500. The van der Waals surface area contributed by atoms with E-state index in [-0.39, 0.29) is 18.0 Å². The monoisotopic (exact) mass is 418 g/mol. The first-order valence-corrected chi connectivity index (χ1v) is 9.74. The fourth-order valence-electron chi connectivity index (χ4n) is 2.61. The predicted octanol–water partition coefficient (Wildman–Crippen LogP) is 4.14. The number of rotatable bonds is 6. The van der Waals surface area contributed by atoms with Gasteiger partial charge in [-0.05, 0) is 31.1 Å². The summed E-state index contributed by atoms with van der Waals surface area (Å²) in [5.41, 5.74) is 2.23. The minimum Gasteiger partial charge on any atom is -0.459 e. The molecule has 0 unspecified atom stereocenters. The Balaban J connectivity index is 1.97. The molecule has 8 heteroatoms. The number of thiophene rings is 1. The largest absolute Gasteiger partial charge is 0.459 e. The third-order valence-corrected chi connectivity index (χ3v) is 5.56. The molecule has 1 N–H and O–H groups in total. The zero-order chi connectivity index (χ0) is 20.3. The number of benzene rings is 1. The number of aromatic amines is 1. The molecule has 0 atom stereocenters. The molecule has 0 radical (unpaired) electrons. The molecule has 0 saturated heterocycles. The summed E-state index contributed by atoms with van der Waals surface area (Å²) in [5, 5.41) is 0.672. The van der Waals surface area contributed by atoms with E-state index in [9.17, 15) is 9.59 Å². The maximum atomic E-state index is 12.6. The lowest BCUT2D eigenvalue weighted by Gasteiger charge is -2.02. The first kappa shape index (κ1) is 20.3. The summed E-state index contributed by atoms with van der Waals surface area (Å²) in [7, 11) is 1.53. The topological polar surface area (TPSA) is 81.3 Å². The molecule has 0 bridgehead atoms. The van der Waals surface area contributed by atoms with Crippen LogP contribution in [-0.2, 0) is 9.47 Å². The van der Waals surface area contributed by atoms with Gasteiger partial charge in [-0.3, -0.25) is 4.79 Å². The summed E-state index contributed by atoms with van der Waals surface area (Å²) < 4.78 is 10.0. The number of nitrogens with zero attached hydrogens (tertiary/aromatic N) is 1. The van der Waals surface area contributed by atoms with Gasteiger partial charge in [-0.1, -0.05) is 41.4 Å². The minimum absolute atomic E-state index is 0.142. The highest BCUT2D eigenvalue weighted by Crippen LogP contribution is 2.29. The molecule has 0 saturated carbocycles. The number of esters is 1. The highest BCUT2D eigenvalue weighted by Gasteiger charge is 2.20. The fourth-order valence-corrected chi connectivity index (χ4v) is 3.90. The van der Waals surface area contributed by atoms with E-state index in [1.807, 2.05) is 31.2 Å². The quantitative estimate of drug-likeness (QED) is 0.480. The van der Waals surface area contributed by atoms with Crippen molar-refractivity contribution in [2.45, 2.75) is 13.8 Å². The highest BCUT2D eigenvalue weighted by molar-refractivity contribution is 7.20. The molecule has 0 aliphatic rings. The third-order valence-electron chi connectivity index (χ3n) is 4.10. The van der Waals surface area contributed by atoms with Gasteiger partial charge in [0, 0.05) is 7.11 Å². The predicted molar refractivity (Wildman–Crippen MR) is 112 cm³/mol. The van der Waals surface area contributed by atoms with Crippen molar-refractivity contribution in [2.75, 3.05) is 20.3 Å². The molecule has 0 fully saturated rings. The maximum Gasteiger partial charge on any atom is 0.348 e. The Bertz CT molecular complexity index is 1100. The second-order valence-electron chi connectivity index (χ2n) is 6.18. The summed E-state index contributed by atoms with van der Waals surface area (Å²) in [5.74, 6) is -0.250. The van der Waals surface area contributed by atoms with E-state index in [2.05, 4.69) is 9.97 Å². The van der Waals surface area contributed by atoms with Crippen molar-refractivity contribution in [1.82, 2.24) is 9.97 Å². The smallest absolute Gasteiger partial charge is 0.348 e. The molecule has 0 aliphatic heterocycles. The summed E-state index contributed by atoms with van der Waals surface area (Å²) in [6.07, 6.45) is 1.73. The van der Waals surface area contributed by atoms with E-state index >= 15 is 0 Å². The van der Waals surface area contributed by atoms with Crippen molar-refractivity contribution in [3.8, 4) is 0 Å². The number of methoxy groups -OCH3 is 1. The third kappa shape index (κ3) is 4.32. The molecule has 1 aromatic carbocycles. The fraction of sp³-hybridized carbons (Fsp3) is 0.250. The maximum absolute atomic E-state index is 12.6. The number of halogens is 1. The van der Waals surface area contributed by atoms with Crippen LogP contribution >= 0.6 is 22.9 Å². The Kier molecular flexibility index (Phi) is 6.28. The van der Waals surface area contributed by atoms with Gasteiger partial charge in [0.05, 0.1) is 17.0 Å². The van der Waals surface area contributed by atoms with Crippen LogP contribution in [0.25, 0.3) is 21.3 Å². The molecule has 146 valence electrons. The van der Waals surface area contributed by atoms with Crippen molar-refractivity contribution in [2.24, 2.45) is 0 Å². The average Bonchev–Trinajstić information content (AvgIpc) is 3.01. The van der Waals surface area contributed by atoms with Crippen LogP contribution in [0.2, 0.25) is 0 Å². The molecule has 3 aromatic rings. The van der Waals surface area contributed by atoms with Crippen LogP contribution in [0.1, 0.15) is 32.2 Å². The summed E-state index contributed by atoms with van der Waals surface area (Å²) in [4.78, 5) is 32.8. The Morgan fingerprint density at radius 1 is 1.25 bits per heavy atom. The van der Waals surface area contributed by atoms with E-state index < -0.39 is 5.97 Å². The van der Waals surface area contributed by atoms with Gasteiger partial charge in [-0.2, -0.15) is 0 Å². The van der Waals surface area contributed by atoms with Crippen LogP contribution in [-0.4, -0.2) is 36.3 Å². The first-order valence-electron chi connectivity index (χ1n) is 8.54. The molecule has 28 heavy (non-hydrogen) atoms. The zero-order valence-electron chi connectivity index (χ0n) is 15.7. The summed E-state index contributed by atoms with van der Waals surface area (Å²) in [6, 6.07) is 7.80. The van der Waals surface area contributed by atoms with Gasteiger partial charge in [0.15, 0.2) is 5.82 Å². The van der Waals surface area contributed by atoms with Crippen LogP contribution in [0.5, 0.6) is 0 Å². The molecule has 3 rings (SSSR count). The molecule has 6 nitrogen and oxygen atoms in total. The lowest BCUT2D eigenvalue weighted by atomic mass is 10.1. The Hall–Kier alpha value is -2.48. The van der Waals surface area contributed by atoms with Gasteiger partial charge in [0.2, 0.25) is 0 Å². The first-order chi connectivity index (χ1) is 13.4. The van der Waals surface area contributed by atoms with Crippen LogP contribution in [0.3, 0.4) is 0 Å². The average molecular weight is 419 g/mol. The van der Waals surface area contributed by atoms with Crippen molar-refractivity contribution < 1.29 is 14.3 Å². The number of aryl methyl sites for hydroxylation is 2. The number of carbonyl (C=O) groups excluding carboxylic acids is 1. The Morgan fingerprint density at radius 2 is 1.96 bits per heavy atom. The normalized spacial score (nSPS) is 11.8. The number of nitrogens with one attached hydrogen (secondary N) is 1. The molecule has 2 aromatic heterocycles. The van der Waals surface area contributed by atoms with E-state index in [0.717, 1.165) is 22.5 Å².